The van der Waals surface area contributed by atoms with Gasteiger partial charge in [-0.3, -0.25) is 9.59 Å². The van der Waals surface area contributed by atoms with Crippen molar-refractivity contribution in [2.75, 3.05) is 39.3 Å². The number of carbonyl (C=O) groups is 2. The van der Waals surface area contributed by atoms with Gasteiger partial charge in [-0.05, 0) is 31.8 Å². The molecule has 2 aliphatic rings. The Morgan fingerprint density at radius 1 is 1.30 bits per heavy atom. The van der Waals surface area contributed by atoms with Crippen molar-refractivity contribution in [3.05, 3.63) is 0 Å². The monoisotopic (exact) mass is 335 g/mol. The topological polar surface area (TPSA) is 52.7 Å². The van der Waals surface area contributed by atoms with Crippen molar-refractivity contribution in [1.82, 2.24) is 15.1 Å². The molecule has 0 aromatic rings. The summed E-state index contributed by atoms with van der Waals surface area (Å²) in [4.78, 5) is 26.6. The number of nitrogens with zero attached hydrogens (tertiary/aromatic N) is 2. The lowest BCUT2D eigenvalue weighted by Crippen LogP contribution is -2.44. The molecule has 0 bridgehead atoms. The number of piperidine rings is 1. The van der Waals surface area contributed by atoms with Gasteiger partial charge < -0.3 is 15.1 Å². The summed E-state index contributed by atoms with van der Waals surface area (Å²) in [6, 6.07) is 0. The van der Waals surface area contributed by atoms with Crippen molar-refractivity contribution in [2.24, 2.45) is 11.8 Å². The Hall–Kier alpha value is -1.31. The second-order valence-corrected chi connectivity index (χ2v) is 6.37. The van der Waals surface area contributed by atoms with Crippen molar-refractivity contribution < 1.29 is 22.8 Å². The Bertz CT molecular complexity index is 434. The van der Waals surface area contributed by atoms with Crippen molar-refractivity contribution in [3.63, 3.8) is 0 Å². The average molecular weight is 335 g/mol. The quantitative estimate of drug-likeness (QED) is 0.823. The van der Waals surface area contributed by atoms with E-state index in [9.17, 15) is 22.8 Å². The minimum absolute atomic E-state index is 0.105. The molecule has 2 heterocycles. The first-order valence-electron chi connectivity index (χ1n) is 8.14. The van der Waals surface area contributed by atoms with Gasteiger partial charge in [-0.1, -0.05) is 6.92 Å². The molecule has 0 saturated carbocycles. The van der Waals surface area contributed by atoms with Gasteiger partial charge in [0.15, 0.2) is 0 Å². The van der Waals surface area contributed by atoms with Crippen LogP contribution >= 0.6 is 0 Å². The number of hydrogen-bond acceptors (Lipinski definition) is 3. The lowest BCUT2D eigenvalue weighted by Gasteiger charge is -2.33. The van der Waals surface area contributed by atoms with Gasteiger partial charge in [-0.2, -0.15) is 13.2 Å². The van der Waals surface area contributed by atoms with E-state index >= 15 is 0 Å². The molecule has 0 radical (unpaired) electrons. The van der Waals surface area contributed by atoms with Crippen LogP contribution in [0, 0.1) is 11.8 Å². The summed E-state index contributed by atoms with van der Waals surface area (Å²) < 4.78 is 37.2. The highest BCUT2D eigenvalue weighted by Gasteiger charge is 2.42. The molecule has 0 aliphatic carbocycles. The zero-order chi connectivity index (χ0) is 17.0. The van der Waals surface area contributed by atoms with Gasteiger partial charge in [-0.25, -0.2) is 0 Å². The molecule has 2 saturated heterocycles. The van der Waals surface area contributed by atoms with Crippen LogP contribution < -0.4 is 5.32 Å². The molecule has 2 aliphatic heterocycles. The summed E-state index contributed by atoms with van der Waals surface area (Å²) in [5, 5.41) is 3.29. The zero-order valence-electron chi connectivity index (χ0n) is 13.4. The third-order valence-corrected chi connectivity index (χ3v) is 4.54. The molecule has 1 unspecified atom stereocenters. The van der Waals surface area contributed by atoms with Gasteiger partial charge in [0.05, 0.1) is 5.92 Å². The number of nitrogens with one attached hydrogen (secondary N) is 1. The smallest absolute Gasteiger partial charge is 0.342 e. The van der Waals surface area contributed by atoms with E-state index in [4.69, 9.17) is 0 Å². The van der Waals surface area contributed by atoms with E-state index in [0.717, 1.165) is 30.8 Å². The van der Waals surface area contributed by atoms with Crippen LogP contribution in [0.15, 0.2) is 0 Å². The second kappa shape index (κ2) is 7.51. The van der Waals surface area contributed by atoms with Gasteiger partial charge >= 0.3 is 6.18 Å². The first-order valence-corrected chi connectivity index (χ1v) is 8.14. The Kier molecular flexibility index (Phi) is 5.89. The Morgan fingerprint density at radius 3 is 2.52 bits per heavy atom. The van der Waals surface area contributed by atoms with Crippen LogP contribution in [0.3, 0.4) is 0 Å². The predicted octanol–water partition coefficient (Wildman–Crippen LogP) is 1.25. The first-order chi connectivity index (χ1) is 10.8. The fraction of sp³-hybridized carbons (Fsp3) is 0.867. The van der Waals surface area contributed by atoms with E-state index in [1.807, 2.05) is 6.92 Å². The SMILES string of the molecule is CCNCC1CCN(C(=O)C2CC(=O)N(CC(F)(F)F)C2)CC1. The maximum atomic E-state index is 12.4. The van der Waals surface area contributed by atoms with Crippen LogP contribution in [0.4, 0.5) is 13.2 Å². The molecule has 2 fully saturated rings. The lowest BCUT2D eigenvalue weighted by molar-refractivity contribution is -0.157. The molecule has 132 valence electrons. The van der Waals surface area contributed by atoms with Crippen LogP contribution in [0.5, 0.6) is 0 Å². The molecular weight excluding hydrogens is 311 g/mol. The molecule has 1 atom stereocenters. The first kappa shape index (κ1) is 18.0. The molecule has 2 amide bonds. The summed E-state index contributed by atoms with van der Waals surface area (Å²) >= 11 is 0. The molecule has 8 heteroatoms. The van der Waals surface area contributed by atoms with Gasteiger partial charge in [0.1, 0.15) is 6.54 Å². The van der Waals surface area contributed by atoms with Crippen molar-refractivity contribution >= 4 is 11.8 Å². The molecule has 0 aromatic carbocycles. The third kappa shape index (κ3) is 5.09. The predicted molar refractivity (Wildman–Crippen MR) is 78.6 cm³/mol. The van der Waals surface area contributed by atoms with Crippen molar-refractivity contribution in [3.8, 4) is 0 Å². The van der Waals surface area contributed by atoms with Crippen LogP contribution in [-0.2, 0) is 9.59 Å². The fourth-order valence-corrected chi connectivity index (χ4v) is 3.27. The van der Waals surface area contributed by atoms with Crippen LogP contribution in [0.1, 0.15) is 26.2 Å². The Morgan fingerprint density at radius 2 is 1.96 bits per heavy atom. The largest absolute Gasteiger partial charge is 0.406 e. The number of halogens is 3. The van der Waals surface area contributed by atoms with E-state index in [2.05, 4.69) is 5.32 Å². The number of amides is 2. The van der Waals surface area contributed by atoms with Crippen LogP contribution in [0.25, 0.3) is 0 Å². The van der Waals surface area contributed by atoms with E-state index in [0.29, 0.717) is 19.0 Å². The highest BCUT2D eigenvalue weighted by atomic mass is 19.4. The maximum absolute atomic E-state index is 12.4. The number of hydrogen-bond donors (Lipinski definition) is 1. The third-order valence-electron chi connectivity index (χ3n) is 4.54. The molecule has 2 rings (SSSR count). The fourth-order valence-electron chi connectivity index (χ4n) is 3.27. The lowest BCUT2D eigenvalue weighted by atomic mass is 9.95. The average Bonchev–Trinajstić information content (AvgIpc) is 2.84. The number of likely N-dealkylation sites (tertiary alicyclic amines) is 2. The summed E-state index contributed by atoms with van der Waals surface area (Å²) in [7, 11) is 0. The van der Waals surface area contributed by atoms with Gasteiger partial charge in [-0.15, -0.1) is 0 Å². The van der Waals surface area contributed by atoms with Crippen LogP contribution in [0.2, 0.25) is 0 Å². The van der Waals surface area contributed by atoms with Crippen LogP contribution in [-0.4, -0.2) is 67.1 Å². The molecule has 23 heavy (non-hydrogen) atoms. The van der Waals surface area contributed by atoms with E-state index in [1.54, 1.807) is 4.90 Å². The van der Waals surface area contributed by atoms with Gasteiger partial charge in [0.25, 0.3) is 0 Å². The van der Waals surface area contributed by atoms with E-state index in [-0.39, 0.29) is 18.9 Å². The normalized spacial score (nSPS) is 23.7. The number of carbonyl (C=O) groups excluding carboxylic acids is 2. The van der Waals surface area contributed by atoms with Gasteiger partial charge in [0, 0.05) is 26.1 Å². The minimum Gasteiger partial charge on any atom is -0.342 e. The zero-order valence-corrected chi connectivity index (χ0v) is 13.4. The number of rotatable bonds is 5. The molecule has 5 nitrogen and oxygen atoms in total. The maximum Gasteiger partial charge on any atom is 0.406 e. The standard InChI is InChI=1S/C15H24F3N3O2/c1-2-19-8-11-3-5-20(6-4-11)14(23)12-7-13(22)21(9-12)10-15(16,17)18/h11-12,19H,2-10H2,1H3. The summed E-state index contributed by atoms with van der Waals surface area (Å²) in [5.74, 6) is -0.853. The highest BCUT2D eigenvalue weighted by Crippen LogP contribution is 2.26. The molecule has 1 N–H and O–H groups in total. The Labute approximate surface area is 134 Å². The summed E-state index contributed by atoms with van der Waals surface area (Å²) in [5.41, 5.74) is 0. The summed E-state index contributed by atoms with van der Waals surface area (Å²) in [6.07, 6.45) is -2.73. The van der Waals surface area contributed by atoms with Gasteiger partial charge in [0.2, 0.25) is 11.8 Å². The van der Waals surface area contributed by atoms with E-state index in [1.165, 1.54) is 0 Å². The second-order valence-electron chi connectivity index (χ2n) is 6.37. The minimum atomic E-state index is -4.42. The highest BCUT2D eigenvalue weighted by molar-refractivity contribution is 5.89. The summed E-state index contributed by atoms with van der Waals surface area (Å²) in [6.45, 7) is 3.76. The molecule has 0 spiro atoms. The number of alkyl halides is 3. The molecular formula is C15H24F3N3O2. The van der Waals surface area contributed by atoms with E-state index < -0.39 is 24.5 Å². The van der Waals surface area contributed by atoms with Crippen molar-refractivity contribution in [2.45, 2.75) is 32.4 Å². The Balaban J connectivity index is 1.82. The molecule has 0 aromatic heterocycles. The van der Waals surface area contributed by atoms with Crippen molar-refractivity contribution in [1.29, 1.82) is 0 Å².